The maximum Gasteiger partial charge on any atom is 0.269 e. The maximum absolute atomic E-state index is 13.8. The van der Waals surface area contributed by atoms with Gasteiger partial charge in [-0.15, -0.1) is 0 Å². The molecule has 18 heavy (non-hydrogen) atoms. The highest BCUT2D eigenvalue weighted by molar-refractivity contribution is 5.36. The highest BCUT2D eigenvalue weighted by Crippen LogP contribution is 2.26. The van der Waals surface area contributed by atoms with Gasteiger partial charge in [-0.05, 0) is 13.0 Å². The highest BCUT2D eigenvalue weighted by atomic mass is 19.1. The number of hydrogen-bond donors (Lipinski definition) is 1. The second-order valence-corrected chi connectivity index (χ2v) is 4.42. The molecule has 1 N–H and O–H groups in total. The molecule has 0 amide bonds. The Balaban J connectivity index is 2.25. The zero-order valence-electron chi connectivity index (χ0n) is 10.2. The summed E-state index contributed by atoms with van der Waals surface area (Å²) in [7, 11) is 0. The van der Waals surface area contributed by atoms with E-state index < -0.39 is 4.92 Å². The van der Waals surface area contributed by atoms with Crippen molar-refractivity contribution < 1.29 is 9.31 Å². The number of nitrogens with one attached hydrogen (secondary N) is 1. The van der Waals surface area contributed by atoms with E-state index in [0.717, 1.165) is 26.2 Å². The van der Waals surface area contributed by atoms with E-state index in [4.69, 9.17) is 0 Å². The molecule has 5 nitrogen and oxygen atoms in total. The SMILES string of the molecule is C[C@@H](c1cc([N+](=O)[O-])ccc1F)N1CCNCC1. The number of hydrogen-bond acceptors (Lipinski definition) is 4. The normalized spacial score (nSPS) is 18.6. The number of nitrogens with zero attached hydrogens (tertiary/aromatic N) is 2. The molecule has 1 aliphatic heterocycles. The van der Waals surface area contributed by atoms with E-state index in [-0.39, 0.29) is 17.5 Å². The quantitative estimate of drug-likeness (QED) is 0.658. The van der Waals surface area contributed by atoms with Gasteiger partial charge in [0.25, 0.3) is 5.69 Å². The van der Waals surface area contributed by atoms with Gasteiger partial charge in [-0.2, -0.15) is 0 Å². The van der Waals surface area contributed by atoms with Crippen LogP contribution in [0.15, 0.2) is 18.2 Å². The summed E-state index contributed by atoms with van der Waals surface area (Å²) in [5.74, 6) is -0.383. The number of nitro benzene ring substituents is 1. The maximum atomic E-state index is 13.8. The third-order valence-electron chi connectivity index (χ3n) is 3.34. The van der Waals surface area contributed by atoms with Crippen molar-refractivity contribution in [2.45, 2.75) is 13.0 Å². The molecule has 0 bridgehead atoms. The van der Waals surface area contributed by atoms with Gasteiger partial charge < -0.3 is 5.32 Å². The third-order valence-corrected chi connectivity index (χ3v) is 3.34. The molecule has 1 fully saturated rings. The van der Waals surface area contributed by atoms with Crippen LogP contribution in [0.1, 0.15) is 18.5 Å². The molecule has 1 heterocycles. The molecule has 0 spiro atoms. The zero-order chi connectivity index (χ0) is 13.1. The van der Waals surface area contributed by atoms with Gasteiger partial charge in [-0.25, -0.2) is 4.39 Å². The lowest BCUT2D eigenvalue weighted by Crippen LogP contribution is -2.44. The minimum absolute atomic E-state index is 0.0617. The summed E-state index contributed by atoms with van der Waals surface area (Å²) in [6.07, 6.45) is 0. The van der Waals surface area contributed by atoms with E-state index in [9.17, 15) is 14.5 Å². The molecule has 0 aliphatic carbocycles. The first-order valence-corrected chi connectivity index (χ1v) is 5.98. The number of piperazine rings is 1. The van der Waals surface area contributed by atoms with Gasteiger partial charge in [-0.1, -0.05) is 0 Å². The lowest BCUT2D eigenvalue weighted by molar-refractivity contribution is -0.385. The molecule has 6 heteroatoms. The van der Waals surface area contributed by atoms with Crippen LogP contribution in [0.5, 0.6) is 0 Å². The van der Waals surface area contributed by atoms with Crippen LogP contribution in [0.3, 0.4) is 0 Å². The molecule has 1 aromatic carbocycles. The number of non-ortho nitro benzene ring substituents is 1. The summed E-state index contributed by atoms with van der Waals surface area (Å²) in [6.45, 7) is 5.25. The summed E-state index contributed by atoms with van der Waals surface area (Å²) in [4.78, 5) is 12.4. The fraction of sp³-hybridized carbons (Fsp3) is 0.500. The predicted octanol–water partition coefficient (Wildman–Crippen LogP) is 1.70. The molecule has 1 saturated heterocycles. The van der Waals surface area contributed by atoms with Crippen LogP contribution < -0.4 is 5.32 Å². The van der Waals surface area contributed by atoms with Crippen molar-refractivity contribution in [1.82, 2.24) is 10.2 Å². The number of rotatable bonds is 3. The standard InChI is InChI=1S/C12H16FN3O2/c1-9(15-6-4-14-5-7-15)11-8-10(16(17)18)2-3-12(11)13/h2-3,8-9,14H,4-7H2,1H3/t9-/m0/s1. The monoisotopic (exact) mass is 253 g/mol. The molecule has 0 aromatic heterocycles. The van der Waals surface area contributed by atoms with Crippen LogP contribution in [0.2, 0.25) is 0 Å². The molecule has 0 saturated carbocycles. The molecule has 0 radical (unpaired) electrons. The lowest BCUT2D eigenvalue weighted by atomic mass is 10.0. The predicted molar refractivity (Wildman–Crippen MR) is 65.9 cm³/mol. The first kappa shape index (κ1) is 12.9. The van der Waals surface area contributed by atoms with Crippen molar-refractivity contribution in [1.29, 1.82) is 0 Å². The van der Waals surface area contributed by atoms with Gasteiger partial charge in [0.05, 0.1) is 4.92 Å². The summed E-state index contributed by atoms with van der Waals surface area (Å²) in [5.41, 5.74) is 0.333. The Kier molecular flexibility index (Phi) is 3.88. The molecule has 1 aliphatic rings. The second-order valence-electron chi connectivity index (χ2n) is 4.42. The van der Waals surface area contributed by atoms with Gasteiger partial charge >= 0.3 is 0 Å². The van der Waals surface area contributed by atoms with E-state index in [0.29, 0.717) is 5.56 Å². The Morgan fingerprint density at radius 2 is 2.11 bits per heavy atom. The molecule has 1 aromatic rings. The average Bonchev–Trinajstić information content (AvgIpc) is 2.39. The molecular formula is C12H16FN3O2. The Hall–Kier alpha value is -1.53. The van der Waals surface area contributed by atoms with Crippen molar-refractivity contribution in [2.24, 2.45) is 0 Å². The van der Waals surface area contributed by atoms with Crippen LogP contribution in [0.4, 0.5) is 10.1 Å². The number of nitro groups is 1. The number of benzene rings is 1. The smallest absolute Gasteiger partial charge is 0.269 e. The fourth-order valence-electron chi connectivity index (χ4n) is 2.23. The van der Waals surface area contributed by atoms with E-state index in [2.05, 4.69) is 10.2 Å². The summed E-state index contributed by atoms with van der Waals surface area (Å²) >= 11 is 0. The minimum Gasteiger partial charge on any atom is -0.314 e. The Labute approximate surface area is 105 Å². The highest BCUT2D eigenvalue weighted by Gasteiger charge is 2.22. The Bertz CT molecular complexity index is 447. The van der Waals surface area contributed by atoms with Crippen molar-refractivity contribution in [2.75, 3.05) is 26.2 Å². The van der Waals surface area contributed by atoms with Crippen LogP contribution >= 0.6 is 0 Å². The van der Waals surface area contributed by atoms with Crippen molar-refractivity contribution >= 4 is 5.69 Å². The lowest BCUT2D eigenvalue weighted by Gasteiger charge is -2.33. The summed E-state index contributed by atoms with van der Waals surface area (Å²) < 4.78 is 13.8. The topological polar surface area (TPSA) is 58.4 Å². The van der Waals surface area contributed by atoms with Crippen LogP contribution in [-0.2, 0) is 0 Å². The van der Waals surface area contributed by atoms with E-state index in [1.807, 2.05) is 6.92 Å². The van der Waals surface area contributed by atoms with Crippen molar-refractivity contribution in [3.05, 3.63) is 39.7 Å². The molecule has 1 atom stereocenters. The molecule has 0 unspecified atom stereocenters. The molecule has 98 valence electrons. The molecular weight excluding hydrogens is 237 g/mol. The average molecular weight is 253 g/mol. The fourth-order valence-corrected chi connectivity index (χ4v) is 2.23. The first-order chi connectivity index (χ1) is 8.59. The van der Waals surface area contributed by atoms with E-state index in [1.54, 1.807) is 0 Å². The van der Waals surface area contributed by atoms with Gasteiger partial charge in [0.15, 0.2) is 0 Å². The van der Waals surface area contributed by atoms with Crippen LogP contribution in [0, 0.1) is 15.9 Å². The Morgan fingerprint density at radius 3 is 2.72 bits per heavy atom. The third kappa shape index (κ3) is 2.65. The number of halogens is 1. The van der Waals surface area contributed by atoms with E-state index >= 15 is 0 Å². The summed E-state index contributed by atoms with van der Waals surface area (Å²) in [6, 6.07) is 3.56. The zero-order valence-corrected chi connectivity index (χ0v) is 10.2. The van der Waals surface area contributed by atoms with Gasteiger partial charge in [0.2, 0.25) is 0 Å². The van der Waals surface area contributed by atoms with Crippen LogP contribution in [0.25, 0.3) is 0 Å². The molecule has 2 rings (SSSR count). The van der Waals surface area contributed by atoms with Gasteiger partial charge in [0.1, 0.15) is 5.82 Å². The largest absolute Gasteiger partial charge is 0.314 e. The van der Waals surface area contributed by atoms with Gasteiger partial charge in [0, 0.05) is 49.9 Å². The van der Waals surface area contributed by atoms with Crippen molar-refractivity contribution in [3.63, 3.8) is 0 Å². The van der Waals surface area contributed by atoms with Crippen molar-refractivity contribution in [3.8, 4) is 0 Å². The van der Waals surface area contributed by atoms with Crippen LogP contribution in [-0.4, -0.2) is 36.0 Å². The minimum atomic E-state index is -0.493. The Morgan fingerprint density at radius 1 is 1.44 bits per heavy atom. The van der Waals surface area contributed by atoms with E-state index in [1.165, 1.54) is 18.2 Å². The van der Waals surface area contributed by atoms with Gasteiger partial charge in [-0.3, -0.25) is 15.0 Å². The second kappa shape index (κ2) is 5.41. The summed E-state index contributed by atoms with van der Waals surface area (Å²) in [5, 5.41) is 13.9. The first-order valence-electron chi connectivity index (χ1n) is 5.98.